The number of methoxy groups -OCH3 is 1. The number of amides is 1. The largest absolute Gasteiger partial charge is 0.497 e. The van der Waals surface area contributed by atoms with E-state index in [-0.39, 0.29) is 11.5 Å². The maximum Gasteiger partial charge on any atom is 0.252 e. The Hall–Kier alpha value is -2.60. The first-order valence-corrected chi connectivity index (χ1v) is 9.73. The van der Waals surface area contributed by atoms with Crippen LogP contribution in [0.5, 0.6) is 5.75 Å². The van der Waals surface area contributed by atoms with Crippen molar-refractivity contribution in [3.05, 3.63) is 53.7 Å². The van der Waals surface area contributed by atoms with E-state index in [0.29, 0.717) is 18.7 Å². The normalized spacial score (nSPS) is 15.9. The minimum Gasteiger partial charge on any atom is -0.497 e. The second kappa shape index (κ2) is 9.06. The quantitative estimate of drug-likeness (QED) is 0.745. The molecule has 0 saturated carbocycles. The zero-order valence-corrected chi connectivity index (χ0v) is 16.9. The fourth-order valence-electron chi connectivity index (χ4n) is 3.31. The Bertz CT molecular complexity index is 773. The number of benzene rings is 1. The van der Waals surface area contributed by atoms with Gasteiger partial charge in [0.25, 0.3) is 5.91 Å². The van der Waals surface area contributed by atoms with Crippen molar-refractivity contribution in [3.63, 3.8) is 0 Å². The third-order valence-corrected chi connectivity index (χ3v) is 4.85. The summed E-state index contributed by atoms with van der Waals surface area (Å²) >= 11 is 0. The highest BCUT2D eigenvalue weighted by Gasteiger charge is 2.27. The molecular weight excluding hydrogens is 354 g/mol. The summed E-state index contributed by atoms with van der Waals surface area (Å²) in [6, 6.07) is 11.8. The number of rotatable bonds is 7. The van der Waals surface area contributed by atoms with Crippen molar-refractivity contribution >= 4 is 11.7 Å². The van der Waals surface area contributed by atoms with Gasteiger partial charge in [0.2, 0.25) is 0 Å². The SMILES string of the molecule is COc1ccc(CCCNC(=O)c2ccc(N3CCOC(C)(C)C3)nc2)cc1. The molecule has 0 atom stereocenters. The van der Waals surface area contributed by atoms with Gasteiger partial charge in [0, 0.05) is 25.8 Å². The van der Waals surface area contributed by atoms with Gasteiger partial charge in [-0.15, -0.1) is 0 Å². The summed E-state index contributed by atoms with van der Waals surface area (Å²) in [6.07, 6.45) is 3.44. The number of carbonyl (C=O) groups is 1. The number of nitrogens with zero attached hydrogens (tertiary/aromatic N) is 2. The van der Waals surface area contributed by atoms with Crippen molar-refractivity contribution in [2.24, 2.45) is 0 Å². The second-order valence-corrected chi connectivity index (χ2v) is 7.64. The number of morpholine rings is 1. The van der Waals surface area contributed by atoms with Gasteiger partial charge in [-0.1, -0.05) is 12.1 Å². The van der Waals surface area contributed by atoms with Gasteiger partial charge < -0.3 is 19.7 Å². The summed E-state index contributed by atoms with van der Waals surface area (Å²) < 4.78 is 10.9. The highest BCUT2D eigenvalue weighted by molar-refractivity contribution is 5.94. The molecule has 1 aromatic carbocycles. The van der Waals surface area contributed by atoms with Crippen LogP contribution in [0.25, 0.3) is 0 Å². The molecule has 1 aliphatic heterocycles. The summed E-state index contributed by atoms with van der Waals surface area (Å²) in [5, 5.41) is 2.97. The first-order valence-electron chi connectivity index (χ1n) is 9.73. The number of ether oxygens (including phenoxy) is 2. The molecule has 0 radical (unpaired) electrons. The number of hydrogen-bond acceptors (Lipinski definition) is 5. The third kappa shape index (κ3) is 5.45. The number of nitrogens with one attached hydrogen (secondary N) is 1. The summed E-state index contributed by atoms with van der Waals surface area (Å²) in [6.45, 7) is 7.07. The average molecular weight is 383 g/mol. The monoisotopic (exact) mass is 383 g/mol. The lowest BCUT2D eigenvalue weighted by Gasteiger charge is -2.38. The molecule has 1 aliphatic rings. The van der Waals surface area contributed by atoms with Crippen LogP contribution in [0.3, 0.4) is 0 Å². The van der Waals surface area contributed by atoms with Crippen molar-refractivity contribution in [2.75, 3.05) is 38.3 Å². The van der Waals surface area contributed by atoms with E-state index < -0.39 is 0 Å². The first kappa shape index (κ1) is 20.1. The molecular formula is C22H29N3O3. The molecule has 0 unspecified atom stereocenters. The molecule has 1 saturated heterocycles. The van der Waals surface area contributed by atoms with Crippen LogP contribution < -0.4 is 15.0 Å². The van der Waals surface area contributed by atoms with Crippen LogP contribution in [0.2, 0.25) is 0 Å². The number of carbonyl (C=O) groups excluding carboxylic acids is 1. The van der Waals surface area contributed by atoms with Gasteiger partial charge in [0.1, 0.15) is 11.6 Å². The van der Waals surface area contributed by atoms with Gasteiger partial charge in [0.15, 0.2) is 0 Å². The van der Waals surface area contributed by atoms with Crippen LogP contribution in [0.1, 0.15) is 36.2 Å². The van der Waals surface area contributed by atoms with E-state index in [0.717, 1.165) is 37.5 Å². The molecule has 2 heterocycles. The van der Waals surface area contributed by atoms with E-state index in [4.69, 9.17) is 9.47 Å². The van der Waals surface area contributed by atoms with E-state index in [1.807, 2.05) is 24.3 Å². The van der Waals surface area contributed by atoms with E-state index in [9.17, 15) is 4.79 Å². The van der Waals surface area contributed by atoms with Gasteiger partial charge in [-0.25, -0.2) is 4.98 Å². The fourth-order valence-corrected chi connectivity index (χ4v) is 3.31. The Morgan fingerprint density at radius 3 is 2.68 bits per heavy atom. The Morgan fingerprint density at radius 1 is 1.25 bits per heavy atom. The number of pyridine rings is 1. The Balaban J connectivity index is 1.45. The highest BCUT2D eigenvalue weighted by atomic mass is 16.5. The lowest BCUT2D eigenvalue weighted by atomic mass is 10.1. The van der Waals surface area contributed by atoms with Gasteiger partial charge >= 0.3 is 0 Å². The number of aryl methyl sites for hydroxylation is 1. The van der Waals surface area contributed by atoms with Crippen LogP contribution in [0.4, 0.5) is 5.82 Å². The minimum absolute atomic E-state index is 0.0870. The second-order valence-electron chi connectivity index (χ2n) is 7.64. The molecule has 0 spiro atoms. The molecule has 1 aromatic heterocycles. The Morgan fingerprint density at radius 2 is 2.04 bits per heavy atom. The molecule has 1 amide bonds. The van der Waals surface area contributed by atoms with Crippen molar-refractivity contribution in [3.8, 4) is 5.75 Å². The van der Waals surface area contributed by atoms with E-state index in [1.54, 1.807) is 13.3 Å². The molecule has 3 rings (SSSR count). The predicted octanol–water partition coefficient (Wildman–Crippen LogP) is 3.07. The summed E-state index contributed by atoms with van der Waals surface area (Å²) in [5.41, 5.74) is 1.63. The molecule has 150 valence electrons. The van der Waals surface area contributed by atoms with Crippen LogP contribution in [0.15, 0.2) is 42.6 Å². The molecule has 6 heteroatoms. The van der Waals surface area contributed by atoms with Crippen molar-refractivity contribution < 1.29 is 14.3 Å². The molecule has 0 aliphatic carbocycles. The molecule has 1 N–H and O–H groups in total. The zero-order chi connectivity index (χ0) is 20.0. The lowest BCUT2D eigenvalue weighted by Crippen LogP contribution is -2.48. The number of aromatic nitrogens is 1. The van der Waals surface area contributed by atoms with E-state index in [2.05, 4.69) is 41.2 Å². The summed E-state index contributed by atoms with van der Waals surface area (Å²) in [5.74, 6) is 1.65. The molecule has 2 aromatic rings. The van der Waals surface area contributed by atoms with Crippen molar-refractivity contribution in [1.82, 2.24) is 10.3 Å². The smallest absolute Gasteiger partial charge is 0.252 e. The van der Waals surface area contributed by atoms with Crippen LogP contribution >= 0.6 is 0 Å². The third-order valence-electron chi connectivity index (χ3n) is 4.85. The first-order chi connectivity index (χ1) is 13.5. The highest BCUT2D eigenvalue weighted by Crippen LogP contribution is 2.21. The van der Waals surface area contributed by atoms with Crippen LogP contribution in [-0.4, -0.2) is 49.8 Å². The summed E-state index contributed by atoms with van der Waals surface area (Å²) in [4.78, 5) is 19.0. The Kier molecular flexibility index (Phi) is 6.52. The number of hydrogen-bond donors (Lipinski definition) is 1. The fraction of sp³-hybridized carbons (Fsp3) is 0.455. The summed E-state index contributed by atoms with van der Waals surface area (Å²) in [7, 11) is 1.66. The van der Waals surface area contributed by atoms with E-state index in [1.165, 1.54) is 5.56 Å². The average Bonchev–Trinajstić information content (AvgIpc) is 2.71. The lowest BCUT2D eigenvalue weighted by molar-refractivity contribution is -0.0279. The molecule has 28 heavy (non-hydrogen) atoms. The van der Waals surface area contributed by atoms with E-state index >= 15 is 0 Å². The maximum absolute atomic E-state index is 12.3. The van der Waals surface area contributed by atoms with Gasteiger partial charge in [-0.05, 0) is 56.5 Å². The zero-order valence-electron chi connectivity index (χ0n) is 16.9. The molecule has 1 fully saturated rings. The maximum atomic E-state index is 12.3. The minimum atomic E-state index is -0.181. The van der Waals surface area contributed by atoms with Crippen LogP contribution in [0, 0.1) is 0 Å². The predicted molar refractivity (Wildman–Crippen MR) is 110 cm³/mol. The molecule has 0 bridgehead atoms. The van der Waals surface area contributed by atoms with Gasteiger partial charge in [-0.3, -0.25) is 4.79 Å². The van der Waals surface area contributed by atoms with Crippen molar-refractivity contribution in [1.29, 1.82) is 0 Å². The number of anilines is 1. The Labute approximate surface area is 166 Å². The van der Waals surface area contributed by atoms with Gasteiger partial charge in [0.05, 0.1) is 24.9 Å². The van der Waals surface area contributed by atoms with Crippen molar-refractivity contribution in [2.45, 2.75) is 32.3 Å². The van der Waals surface area contributed by atoms with Crippen LogP contribution in [-0.2, 0) is 11.2 Å². The topological polar surface area (TPSA) is 63.7 Å². The molecule has 6 nitrogen and oxygen atoms in total. The standard InChI is InChI=1S/C22H29N3O3/c1-22(2)16-25(13-14-28-22)20-11-8-18(15-24-20)21(26)23-12-4-5-17-6-9-19(27-3)10-7-17/h6-11,15H,4-5,12-14,16H2,1-3H3,(H,23,26). The van der Waals surface area contributed by atoms with Gasteiger partial charge in [-0.2, -0.15) is 0 Å².